The summed E-state index contributed by atoms with van der Waals surface area (Å²) in [6.45, 7) is -0.148. The van der Waals surface area contributed by atoms with Gasteiger partial charge in [0.05, 0.1) is 22.6 Å². The van der Waals surface area contributed by atoms with Gasteiger partial charge in [-0.1, -0.05) is 30.5 Å². The molecule has 1 aromatic carbocycles. The van der Waals surface area contributed by atoms with Crippen molar-refractivity contribution in [2.45, 2.75) is 31.2 Å². The number of carbonyl (C=O) groups excluding carboxylic acids is 1. The Bertz CT molecular complexity index is 541. The summed E-state index contributed by atoms with van der Waals surface area (Å²) < 4.78 is 0. The molecule has 1 fully saturated rings. The van der Waals surface area contributed by atoms with Crippen LogP contribution in [-0.2, 0) is 0 Å². The highest BCUT2D eigenvalue weighted by atomic mass is 35.5. The van der Waals surface area contributed by atoms with E-state index in [-0.39, 0.29) is 22.9 Å². The van der Waals surface area contributed by atoms with E-state index < -0.39 is 16.4 Å². The van der Waals surface area contributed by atoms with Gasteiger partial charge in [-0.05, 0) is 18.9 Å². The number of carbonyl (C=O) groups is 1. The molecule has 1 saturated carbocycles. The fraction of sp³-hybridized carbons (Fsp3) is 0.462. The van der Waals surface area contributed by atoms with Crippen LogP contribution in [0.3, 0.4) is 0 Å². The lowest BCUT2D eigenvalue weighted by Gasteiger charge is -2.28. The molecule has 0 saturated heterocycles. The summed E-state index contributed by atoms with van der Waals surface area (Å²) in [6, 6.07) is 4.10. The summed E-state index contributed by atoms with van der Waals surface area (Å²) in [5, 5.41) is 22.9. The molecule has 1 aliphatic rings. The topological polar surface area (TPSA) is 92.5 Å². The highest BCUT2D eigenvalue weighted by molar-refractivity contribution is 6.35. The maximum Gasteiger partial charge on any atom is 0.288 e. The van der Waals surface area contributed by atoms with E-state index in [1.165, 1.54) is 18.2 Å². The lowest BCUT2D eigenvalue weighted by molar-refractivity contribution is -0.384. The number of benzene rings is 1. The predicted molar refractivity (Wildman–Crippen MR) is 73.9 cm³/mol. The number of nitrogens with zero attached hydrogens (tertiary/aromatic N) is 1. The van der Waals surface area contributed by atoms with Crippen LogP contribution in [0.15, 0.2) is 18.2 Å². The van der Waals surface area contributed by atoms with Crippen LogP contribution in [0.4, 0.5) is 5.69 Å². The molecule has 0 aliphatic heterocycles. The number of hydrogen-bond donors (Lipinski definition) is 2. The van der Waals surface area contributed by atoms with Crippen molar-refractivity contribution in [3.05, 3.63) is 38.9 Å². The fourth-order valence-electron chi connectivity index (χ4n) is 2.52. The second kappa shape index (κ2) is 5.76. The van der Waals surface area contributed by atoms with Crippen molar-refractivity contribution in [2.24, 2.45) is 0 Å². The highest BCUT2D eigenvalue weighted by Gasteiger charge is 2.35. The van der Waals surface area contributed by atoms with E-state index in [1.807, 2.05) is 0 Å². The maximum absolute atomic E-state index is 12.2. The third kappa shape index (κ3) is 2.76. The quantitative estimate of drug-likeness (QED) is 0.659. The summed E-state index contributed by atoms with van der Waals surface area (Å²) in [7, 11) is 0. The molecule has 2 N–H and O–H groups in total. The van der Waals surface area contributed by atoms with Crippen LogP contribution in [0.1, 0.15) is 36.0 Å². The van der Waals surface area contributed by atoms with Crippen LogP contribution in [0.5, 0.6) is 0 Å². The van der Waals surface area contributed by atoms with Crippen molar-refractivity contribution in [2.75, 3.05) is 6.61 Å². The van der Waals surface area contributed by atoms with Crippen LogP contribution in [0.2, 0.25) is 5.02 Å². The molecular weight excluding hydrogens is 284 g/mol. The van der Waals surface area contributed by atoms with Gasteiger partial charge in [-0.25, -0.2) is 0 Å². The Labute approximate surface area is 120 Å². The van der Waals surface area contributed by atoms with Crippen molar-refractivity contribution >= 4 is 23.2 Å². The monoisotopic (exact) mass is 298 g/mol. The number of aliphatic hydroxyl groups excluding tert-OH is 1. The van der Waals surface area contributed by atoms with Crippen LogP contribution in [0, 0.1) is 10.1 Å². The van der Waals surface area contributed by atoms with E-state index in [4.69, 9.17) is 11.6 Å². The van der Waals surface area contributed by atoms with Crippen LogP contribution in [0.25, 0.3) is 0 Å². The Balaban J connectivity index is 2.25. The van der Waals surface area contributed by atoms with Gasteiger partial charge < -0.3 is 10.4 Å². The predicted octanol–water partition coefficient (Wildman–Crippen LogP) is 2.28. The summed E-state index contributed by atoms with van der Waals surface area (Å²) >= 11 is 5.91. The molecule has 1 aliphatic carbocycles. The van der Waals surface area contributed by atoms with Gasteiger partial charge >= 0.3 is 0 Å². The minimum atomic E-state index is -0.634. The molecule has 1 amide bonds. The third-order valence-electron chi connectivity index (χ3n) is 3.66. The summed E-state index contributed by atoms with van der Waals surface area (Å²) in [4.78, 5) is 22.4. The number of hydrogen-bond acceptors (Lipinski definition) is 4. The zero-order chi connectivity index (χ0) is 14.8. The molecule has 0 spiro atoms. The largest absolute Gasteiger partial charge is 0.394 e. The summed E-state index contributed by atoms with van der Waals surface area (Å²) in [5.74, 6) is -0.491. The molecule has 1 aromatic rings. The SMILES string of the molecule is O=C(NC1(CO)CCCC1)c1cccc([N+](=O)[O-])c1Cl. The average Bonchev–Trinajstić information content (AvgIpc) is 2.87. The Morgan fingerprint density at radius 1 is 1.45 bits per heavy atom. The molecular formula is C13H15ClN2O4. The molecule has 0 heterocycles. The zero-order valence-corrected chi connectivity index (χ0v) is 11.5. The lowest BCUT2D eigenvalue weighted by Crippen LogP contribution is -2.49. The van der Waals surface area contributed by atoms with E-state index in [0.29, 0.717) is 12.8 Å². The lowest BCUT2D eigenvalue weighted by atomic mass is 9.98. The van der Waals surface area contributed by atoms with Crippen molar-refractivity contribution in [3.63, 3.8) is 0 Å². The first-order valence-corrected chi connectivity index (χ1v) is 6.73. The number of nitrogens with one attached hydrogen (secondary N) is 1. The van der Waals surface area contributed by atoms with Crippen molar-refractivity contribution in [1.82, 2.24) is 5.32 Å². The second-order valence-corrected chi connectivity index (χ2v) is 5.37. The van der Waals surface area contributed by atoms with Gasteiger partial charge in [0.25, 0.3) is 11.6 Å². The van der Waals surface area contributed by atoms with Gasteiger partial charge in [0.1, 0.15) is 5.02 Å². The summed E-state index contributed by atoms with van der Waals surface area (Å²) in [6.07, 6.45) is 3.26. The molecule has 0 aromatic heterocycles. The van der Waals surface area contributed by atoms with Crippen molar-refractivity contribution < 1.29 is 14.8 Å². The van der Waals surface area contributed by atoms with E-state index in [0.717, 1.165) is 12.8 Å². The minimum Gasteiger partial charge on any atom is -0.394 e. The molecule has 0 atom stereocenters. The fourth-order valence-corrected chi connectivity index (χ4v) is 2.80. The number of nitro groups is 1. The normalized spacial score (nSPS) is 16.9. The van der Waals surface area contributed by atoms with Crippen LogP contribution in [-0.4, -0.2) is 28.1 Å². The average molecular weight is 299 g/mol. The smallest absolute Gasteiger partial charge is 0.288 e. The van der Waals surface area contributed by atoms with Crippen molar-refractivity contribution in [3.8, 4) is 0 Å². The van der Waals surface area contributed by atoms with E-state index >= 15 is 0 Å². The summed E-state index contributed by atoms with van der Waals surface area (Å²) in [5.41, 5.74) is -0.880. The van der Waals surface area contributed by atoms with E-state index in [1.54, 1.807) is 0 Å². The minimum absolute atomic E-state index is 0.0561. The molecule has 7 heteroatoms. The van der Waals surface area contributed by atoms with Gasteiger partial charge in [-0.2, -0.15) is 0 Å². The third-order valence-corrected chi connectivity index (χ3v) is 4.06. The Morgan fingerprint density at radius 2 is 2.10 bits per heavy atom. The molecule has 108 valence electrons. The maximum atomic E-state index is 12.2. The molecule has 2 rings (SSSR count). The van der Waals surface area contributed by atoms with Gasteiger partial charge in [0.15, 0.2) is 0 Å². The van der Waals surface area contributed by atoms with Gasteiger partial charge in [-0.3, -0.25) is 14.9 Å². The zero-order valence-electron chi connectivity index (χ0n) is 10.8. The van der Waals surface area contributed by atoms with E-state index in [9.17, 15) is 20.0 Å². The number of aliphatic hydroxyl groups is 1. The molecule has 0 radical (unpaired) electrons. The first-order valence-electron chi connectivity index (χ1n) is 6.35. The molecule has 6 nitrogen and oxygen atoms in total. The van der Waals surface area contributed by atoms with E-state index in [2.05, 4.69) is 5.32 Å². The molecule has 20 heavy (non-hydrogen) atoms. The molecule has 0 unspecified atom stereocenters. The Kier molecular flexibility index (Phi) is 4.25. The second-order valence-electron chi connectivity index (χ2n) is 5.00. The standard InChI is InChI=1S/C13H15ClN2O4/c14-11-9(4-3-5-10(11)16(19)20)12(18)15-13(8-17)6-1-2-7-13/h3-5,17H,1-2,6-8H2,(H,15,18). The van der Waals surface area contributed by atoms with Crippen LogP contribution < -0.4 is 5.32 Å². The first kappa shape index (κ1) is 14.7. The van der Waals surface area contributed by atoms with Gasteiger partial charge in [0.2, 0.25) is 0 Å². The van der Waals surface area contributed by atoms with Gasteiger partial charge in [-0.15, -0.1) is 0 Å². The number of nitro benzene ring substituents is 1. The number of amides is 1. The van der Waals surface area contributed by atoms with Crippen molar-refractivity contribution in [1.29, 1.82) is 0 Å². The number of halogens is 1. The first-order chi connectivity index (χ1) is 9.49. The number of rotatable bonds is 4. The Morgan fingerprint density at radius 3 is 2.65 bits per heavy atom. The van der Waals surface area contributed by atoms with Gasteiger partial charge in [0, 0.05) is 6.07 Å². The van der Waals surface area contributed by atoms with Crippen LogP contribution >= 0.6 is 11.6 Å². The molecule has 0 bridgehead atoms. The Hall–Kier alpha value is -1.66. The highest BCUT2D eigenvalue weighted by Crippen LogP contribution is 2.31.